The van der Waals surface area contributed by atoms with E-state index < -0.39 is 0 Å². The molecule has 1 atom stereocenters. The average molecular weight is 277 g/mol. The summed E-state index contributed by atoms with van der Waals surface area (Å²) in [5, 5.41) is 11.8. The molecular weight excluding hydrogens is 258 g/mol. The number of nitrogens with zero attached hydrogens (tertiary/aromatic N) is 4. The fourth-order valence-corrected chi connectivity index (χ4v) is 2.02. The molecule has 0 spiro atoms. The molecule has 0 aliphatic carbocycles. The van der Waals surface area contributed by atoms with E-state index >= 15 is 0 Å². The van der Waals surface area contributed by atoms with Gasteiger partial charge >= 0.3 is 0 Å². The molecule has 1 heterocycles. The molecule has 0 bridgehead atoms. The number of ether oxygens (including phenoxy) is 2. The van der Waals surface area contributed by atoms with Crippen LogP contribution < -0.4 is 15.2 Å². The minimum Gasteiger partial charge on any atom is -0.493 e. The van der Waals surface area contributed by atoms with Gasteiger partial charge in [0.05, 0.1) is 21.3 Å². The van der Waals surface area contributed by atoms with Gasteiger partial charge in [0.25, 0.3) is 0 Å². The van der Waals surface area contributed by atoms with E-state index in [1.807, 2.05) is 18.2 Å². The Morgan fingerprint density at radius 3 is 2.55 bits per heavy atom. The summed E-state index contributed by atoms with van der Waals surface area (Å²) in [5.74, 6) is 2.07. The van der Waals surface area contributed by atoms with Crippen molar-refractivity contribution in [3.63, 3.8) is 0 Å². The van der Waals surface area contributed by atoms with Crippen molar-refractivity contribution in [2.24, 2.45) is 12.8 Å². The quantitative estimate of drug-likeness (QED) is 0.819. The van der Waals surface area contributed by atoms with Crippen LogP contribution >= 0.6 is 0 Å². The number of aryl methyl sites for hydroxylation is 1. The maximum Gasteiger partial charge on any atom is 0.176 e. The lowest BCUT2D eigenvalue weighted by Gasteiger charge is -2.12. The summed E-state index contributed by atoms with van der Waals surface area (Å²) in [4.78, 5) is 1.43. The van der Waals surface area contributed by atoms with Gasteiger partial charge in [-0.25, -0.2) is 0 Å². The third kappa shape index (κ3) is 3.45. The Kier molecular flexibility index (Phi) is 4.52. The van der Waals surface area contributed by atoms with Crippen molar-refractivity contribution in [2.75, 3.05) is 14.2 Å². The molecule has 1 unspecified atom stereocenters. The lowest BCUT2D eigenvalue weighted by molar-refractivity contribution is 0.354. The van der Waals surface area contributed by atoms with Crippen molar-refractivity contribution < 1.29 is 9.47 Å². The molecule has 7 heteroatoms. The van der Waals surface area contributed by atoms with Crippen LogP contribution in [-0.2, 0) is 19.9 Å². The zero-order chi connectivity index (χ0) is 14.5. The first kappa shape index (κ1) is 14.3. The average Bonchev–Trinajstić information content (AvgIpc) is 2.83. The van der Waals surface area contributed by atoms with Crippen LogP contribution in [0.4, 0.5) is 0 Å². The summed E-state index contributed by atoms with van der Waals surface area (Å²) in [6, 6.07) is 5.72. The summed E-state index contributed by atoms with van der Waals surface area (Å²) < 4.78 is 10.5. The zero-order valence-electron chi connectivity index (χ0n) is 11.9. The maximum absolute atomic E-state index is 6.12. The van der Waals surface area contributed by atoms with Crippen molar-refractivity contribution in [3.05, 3.63) is 29.6 Å². The highest BCUT2D eigenvalue weighted by molar-refractivity contribution is 5.43. The van der Waals surface area contributed by atoms with E-state index in [0.717, 1.165) is 5.56 Å². The molecule has 1 aromatic heterocycles. The van der Waals surface area contributed by atoms with Gasteiger partial charge in [-0.3, -0.25) is 0 Å². The molecule has 20 heavy (non-hydrogen) atoms. The van der Waals surface area contributed by atoms with Gasteiger partial charge in [0.1, 0.15) is 0 Å². The van der Waals surface area contributed by atoms with Crippen LogP contribution in [0.5, 0.6) is 11.5 Å². The summed E-state index contributed by atoms with van der Waals surface area (Å²) >= 11 is 0. The zero-order valence-corrected chi connectivity index (χ0v) is 11.9. The van der Waals surface area contributed by atoms with Gasteiger partial charge in [-0.15, -0.1) is 10.2 Å². The van der Waals surface area contributed by atoms with E-state index in [0.29, 0.717) is 30.2 Å². The van der Waals surface area contributed by atoms with Gasteiger partial charge in [-0.1, -0.05) is 6.07 Å². The lowest BCUT2D eigenvalue weighted by Crippen LogP contribution is -2.26. The summed E-state index contributed by atoms with van der Waals surface area (Å²) in [5.41, 5.74) is 7.20. The molecule has 0 aliphatic rings. The smallest absolute Gasteiger partial charge is 0.176 e. The summed E-state index contributed by atoms with van der Waals surface area (Å²) in [6.45, 7) is 0. The van der Waals surface area contributed by atoms with Crippen LogP contribution in [0.1, 0.15) is 11.4 Å². The minimum absolute atomic E-state index is 0.0719. The number of aromatic nitrogens is 4. The van der Waals surface area contributed by atoms with Gasteiger partial charge in [-0.05, 0) is 29.3 Å². The largest absolute Gasteiger partial charge is 0.493 e. The van der Waals surface area contributed by atoms with E-state index in [2.05, 4.69) is 15.4 Å². The normalized spacial score (nSPS) is 12.2. The molecule has 2 aromatic rings. The third-order valence-electron chi connectivity index (χ3n) is 2.94. The predicted molar refractivity (Wildman–Crippen MR) is 73.7 cm³/mol. The molecule has 2 N–H and O–H groups in total. The molecule has 0 aliphatic heterocycles. The van der Waals surface area contributed by atoms with Gasteiger partial charge in [0.15, 0.2) is 17.3 Å². The fraction of sp³-hybridized carbons (Fsp3) is 0.462. The van der Waals surface area contributed by atoms with Crippen molar-refractivity contribution in [3.8, 4) is 11.5 Å². The standard InChI is InChI=1S/C13H19N5O2/c1-18-16-13(15-17-18)8-10(14)6-9-4-5-11(19-2)12(7-9)20-3/h4-5,7,10H,6,8,14H2,1-3H3. The highest BCUT2D eigenvalue weighted by atomic mass is 16.5. The lowest BCUT2D eigenvalue weighted by atomic mass is 10.0. The number of tetrazole rings is 1. The van der Waals surface area contributed by atoms with E-state index in [4.69, 9.17) is 15.2 Å². The monoisotopic (exact) mass is 277 g/mol. The topological polar surface area (TPSA) is 88.1 Å². The Bertz CT molecular complexity index is 570. The molecule has 0 amide bonds. The third-order valence-corrected chi connectivity index (χ3v) is 2.94. The molecule has 0 saturated carbocycles. The number of hydrogen-bond donors (Lipinski definition) is 1. The number of benzene rings is 1. The molecule has 2 rings (SSSR count). The SMILES string of the molecule is COc1ccc(CC(N)Cc2nnn(C)n2)cc1OC. The highest BCUT2D eigenvalue weighted by Crippen LogP contribution is 2.27. The Balaban J connectivity index is 2.02. The number of rotatable bonds is 6. The molecule has 1 aromatic carbocycles. The first-order chi connectivity index (χ1) is 9.62. The summed E-state index contributed by atoms with van der Waals surface area (Å²) in [6.07, 6.45) is 1.29. The number of hydrogen-bond acceptors (Lipinski definition) is 6. The van der Waals surface area contributed by atoms with Crippen molar-refractivity contribution in [1.82, 2.24) is 20.2 Å². The van der Waals surface area contributed by atoms with Crippen LogP contribution in [-0.4, -0.2) is 40.5 Å². The van der Waals surface area contributed by atoms with Gasteiger partial charge in [0.2, 0.25) is 0 Å². The van der Waals surface area contributed by atoms with E-state index in [9.17, 15) is 0 Å². The first-order valence-corrected chi connectivity index (χ1v) is 6.31. The Hall–Kier alpha value is -2.15. The Morgan fingerprint density at radius 2 is 1.95 bits per heavy atom. The molecular formula is C13H19N5O2. The van der Waals surface area contributed by atoms with Crippen LogP contribution in [0.25, 0.3) is 0 Å². The van der Waals surface area contributed by atoms with Crippen LogP contribution in [0.15, 0.2) is 18.2 Å². The number of nitrogens with two attached hydrogens (primary N) is 1. The van der Waals surface area contributed by atoms with E-state index in [1.165, 1.54) is 4.80 Å². The van der Waals surface area contributed by atoms with Crippen LogP contribution in [0, 0.1) is 0 Å². The van der Waals surface area contributed by atoms with Crippen LogP contribution in [0.2, 0.25) is 0 Å². The second kappa shape index (κ2) is 6.33. The highest BCUT2D eigenvalue weighted by Gasteiger charge is 2.11. The predicted octanol–water partition coefficient (Wildman–Crippen LogP) is 0.340. The Morgan fingerprint density at radius 1 is 1.20 bits per heavy atom. The molecule has 0 radical (unpaired) electrons. The minimum atomic E-state index is -0.0719. The summed E-state index contributed by atoms with van der Waals surface area (Å²) in [7, 11) is 4.96. The van der Waals surface area contributed by atoms with Gasteiger partial charge in [-0.2, -0.15) is 4.80 Å². The van der Waals surface area contributed by atoms with E-state index in [-0.39, 0.29) is 6.04 Å². The van der Waals surface area contributed by atoms with Gasteiger partial charge < -0.3 is 15.2 Å². The maximum atomic E-state index is 6.12. The van der Waals surface area contributed by atoms with Gasteiger partial charge in [0, 0.05) is 12.5 Å². The number of methoxy groups -OCH3 is 2. The van der Waals surface area contributed by atoms with Crippen molar-refractivity contribution >= 4 is 0 Å². The molecule has 0 saturated heterocycles. The second-order valence-corrected chi connectivity index (χ2v) is 4.55. The fourth-order valence-electron chi connectivity index (χ4n) is 2.02. The first-order valence-electron chi connectivity index (χ1n) is 6.31. The van der Waals surface area contributed by atoms with Crippen molar-refractivity contribution in [1.29, 1.82) is 0 Å². The molecule has 7 nitrogen and oxygen atoms in total. The molecule has 0 fully saturated rings. The Labute approximate surface area is 117 Å². The van der Waals surface area contributed by atoms with E-state index in [1.54, 1.807) is 21.3 Å². The molecule has 108 valence electrons. The van der Waals surface area contributed by atoms with Crippen molar-refractivity contribution in [2.45, 2.75) is 18.9 Å². The van der Waals surface area contributed by atoms with Crippen LogP contribution in [0.3, 0.4) is 0 Å². The second-order valence-electron chi connectivity index (χ2n) is 4.55.